The van der Waals surface area contributed by atoms with Crippen LogP contribution in [0.25, 0.3) is 0 Å². The van der Waals surface area contributed by atoms with Gasteiger partial charge in [0.15, 0.2) is 0 Å². The SMILES string of the molecule is CC1(C)CCCC(N)(CCC2CCCCC2)CC1. The van der Waals surface area contributed by atoms with Crippen molar-refractivity contribution in [1.82, 2.24) is 0 Å². The minimum atomic E-state index is 0.172. The Hall–Kier alpha value is -0.0400. The van der Waals surface area contributed by atoms with E-state index in [4.69, 9.17) is 5.73 Å². The number of nitrogens with two attached hydrogens (primary N) is 1. The van der Waals surface area contributed by atoms with Crippen molar-refractivity contribution in [2.75, 3.05) is 0 Å². The third-order valence-corrected chi connectivity index (χ3v) is 5.60. The van der Waals surface area contributed by atoms with Crippen LogP contribution < -0.4 is 5.73 Å². The molecule has 2 N–H and O–H groups in total. The van der Waals surface area contributed by atoms with Crippen LogP contribution in [-0.2, 0) is 0 Å². The monoisotopic (exact) mass is 251 g/mol. The van der Waals surface area contributed by atoms with Gasteiger partial charge in [-0.3, -0.25) is 0 Å². The summed E-state index contributed by atoms with van der Waals surface area (Å²) in [5.74, 6) is 0.996. The molecule has 2 aliphatic carbocycles. The molecule has 1 atom stereocenters. The second kappa shape index (κ2) is 5.94. The van der Waals surface area contributed by atoms with Crippen molar-refractivity contribution < 1.29 is 0 Å². The standard InChI is InChI=1S/C17H33N/c1-16(2)10-6-11-17(18,14-13-16)12-9-15-7-4-3-5-8-15/h15H,3-14,18H2,1-2H3. The van der Waals surface area contributed by atoms with E-state index in [-0.39, 0.29) is 5.54 Å². The van der Waals surface area contributed by atoms with Crippen molar-refractivity contribution in [3.8, 4) is 0 Å². The highest BCUT2D eigenvalue weighted by Crippen LogP contribution is 2.40. The van der Waals surface area contributed by atoms with Crippen LogP contribution in [0.4, 0.5) is 0 Å². The van der Waals surface area contributed by atoms with E-state index in [1.165, 1.54) is 77.0 Å². The lowest BCUT2D eigenvalue weighted by Crippen LogP contribution is -2.39. The van der Waals surface area contributed by atoms with Gasteiger partial charge in [-0.2, -0.15) is 0 Å². The van der Waals surface area contributed by atoms with Gasteiger partial charge in [0.05, 0.1) is 0 Å². The summed E-state index contributed by atoms with van der Waals surface area (Å²) in [4.78, 5) is 0. The Morgan fingerprint density at radius 3 is 2.33 bits per heavy atom. The summed E-state index contributed by atoms with van der Waals surface area (Å²) in [7, 11) is 0. The van der Waals surface area contributed by atoms with Crippen molar-refractivity contribution in [2.24, 2.45) is 17.1 Å². The second-order valence-corrected chi connectivity index (χ2v) is 7.92. The fourth-order valence-electron chi connectivity index (χ4n) is 3.97. The first-order valence-electron chi connectivity index (χ1n) is 8.28. The largest absolute Gasteiger partial charge is 0.325 e. The summed E-state index contributed by atoms with van der Waals surface area (Å²) in [6.07, 6.45) is 16.6. The van der Waals surface area contributed by atoms with Crippen molar-refractivity contribution in [3.63, 3.8) is 0 Å². The minimum Gasteiger partial charge on any atom is -0.325 e. The quantitative estimate of drug-likeness (QED) is 0.699. The van der Waals surface area contributed by atoms with Gasteiger partial charge in [0.1, 0.15) is 0 Å². The van der Waals surface area contributed by atoms with E-state index in [1.807, 2.05) is 0 Å². The van der Waals surface area contributed by atoms with Crippen LogP contribution in [0.3, 0.4) is 0 Å². The molecule has 2 aliphatic rings. The third kappa shape index (κ3) is 4.26. The molecule has 0 aromatic rings. The van der Waals surface area contributed by atoms with E-state index in [9.17, 15) is 0 Å². The van der Waals surface area contributed by atoms with E-state index in [0.717, 1.165) is 5.92 Å². The van der Waals surface area contributed by atoms with Gasteiger partial charge < -0.3 is 5.73 Å². The van der Waals surface area contributed by atoms with Crippen LogP contribution in [0.2, 0.25) is 0 Å². The smallest absolute Gasteiger partial charge is 0.0154 e. The van der Waals surface area contributed by atoms with Crippen LogP contribution in [0.5, 0.6) is 0 Å². The third-order valence-electron chi connectivity index (χ3n) is 5.60. The van der Waals surface area contributed by atoms with Crippen LogP contribution in [-0.4, -0.2) is 5.54 Å². The molecule has 1 unspecified atom stereocenters. The van der Waals surface area contributed by atoms with Crippen LogP contribution in [0.15, 0.2) is 0 Å². The average Bonchev–Trinajstić information content (AvgIpc) is 2.48. The van der Waals surface area contributed by atoms with Crippen molar-refractivity contribution in [3.05, 3.63) is 0 Å². The molecule has 0 saturated heterocycles. The summed E-state index contributed by atoms with van der Waals surface area (Å²) < 4.78 is 0. The zero-order valence-corrected chi connectivity index (χ0v) is 12.6. The molecule has 0 radical (unpaired) electrons. The van der Waals surface area contributed by atoms with Gasteiger partial charge in [0.2, 0.25) is 0 Å². The highest BCUT2D eigenvalue weighted by atomic mass is 14.7. The lowest BCUT2D eigenvalue weighted by atomic mass is 9.78. The van der Waals surface area contributed by atoms with E-state index in [2.05, 4.69) is 13.8 Å². The predicted octanol–water partition coefficient (Wildman–Crippen LogP) is 5.03. The Labute approximate surface area is 114 Å². The first kappa shape index (κ1) is 14.4. The van der Waals surface area contributed by atoms with Crippen molar-refractivity contribution in [2.45, 2.75) is 96.4 Å². The molecule has 2 fully saturated rings. The van der Waals surface area contributed by atoms with Gasteiger partial charge in [-0.15, -0.1) is 0 Å². The van der Waals surface area contributed by atoms with Crippen LogP contribution in [0.1, 0.15) is 90.9 Å². The predicted molar refractivity (Wildman–Crippen MR) is 79.6 cm³/mol. The molecule has 106 valence electrons. The van der Waals surface area contributed by atoms with Crippen LogP contribution in [0, 0.1) is 11.3 Å². The Bertz CT molecular complexity index is 252. The summed E-state index contributed by atoms with van der Waals surface area (Å²) in [5, 5.41) is 0. The molecule has 2 saturated carbocycles. The maximum atomic E-state index is 6.70. The van der Waals surface area contributed by atoms with Gasteiger partial charge in [0.25, 0.3) is 0 Å². The fraction of sp³-hybridized carbons (Fsp3) is 1.00. The normalized spacial score (nSPS) is 34.2. The molecule has 0 amide bonds. The molecule has 0 spiro atoms. The molecule has 0 aromatic heterocycles. The minimum absolute atomic E-state index is 0.172. The van der Waals surface area contributed by atoms with Crippen molar-refractivity contribution >= 4 is 0 Å². The molecule has 0 bridgehead atoms. The molecule has 0 heterocycles. The number of rotatable bonds is 3. The summed E-state index contributed by atoms with van der Waals surface area (Å²) in [5.41, 5.74) is 7.40. The molecule has 18 heavy (non-hydrogen) atoms. The average molecular weight is 251 g/mol. The van der Waals surface area contributed by atoms with Gasteiger partial charge in [-0.1, -0.05) is 52.4 Å². The lowest BCUT2D eigenvalue weighted by molar-refractivity contribution is 0.257. The topological polar surface area (TPSA) is 26.0 Å². The maximum Gasteiger partial charge on any atom is 0.0154 e. The van der Waals surface area contributed by atoms with E-state index >= 15 is 0 Å². The van der Waals surface area contributed by atoms with Gasteiger partial charge in [-0.05, 0) is 49.9 Å². The van der Waals surface area contributed by atoms with Crippen molar-refractivity contribution in [1.29, 1.82) is 0 Å². The fourth-order valence-corrected chi connectivity index (χ4v) is 3.97. The summed E-state index contributed by atoms with van der Waals surface area (Å²) >= 11 is 0. The number of hydrogen-bond donors (Lipinski definition) is 1. The van der Waals surface area contributed by atoms with Gasteiger partial charge in [-0.25, -0.2) is 0 Å². The molecule has 2 rings (SSSR count). The summed E-state index contributed by atoms with van der Waals surface area (Å²) in [6, 6.07) is 0. The lowest BCUT2D eigenvalue weighted by Gasteiger charge is -2.32. The zero-order chi connectivity index (χ0) is 13.1. The maximum absolute atomic E-state index is 6.70. The molecule has 0 aliphatic heterocycles. The Morgan fingerprint density at radius 1 is 0.889 bits per heavy atom. The van der Waals surface area contributed by atoms with Gasteiger partial charge >= 0.3 is 0 Å². The summed E-state index contributed by atoms with van der Waals surface area (Å²) in [6.45, 7) is 4.83. The Balaban J connectivity index is 1.79. The van der Waals surface area contributed by atoms with E-state index in [1.54, 1.807) is 0 Å². The van der Waals surface area contributed by atoms with Crippen LogP contribution >= 0.6 is 0 Å². The number of hydrogen-bond acceptors (Lipinski definition) is 1. The Morgan fingerprint density at radius 2 is 1.61 bits per heavy atom. The molecule has 1 nitrogen and oxygen atoms in total. The Kier molecular flexibility index (Phi) is 4.75. The van der Waals surface area contributed by atoms with E-state index in [0.29, 0.717) is 5.41 Å². The molecule has 1 heteroatoms. The zero-order valence-electron chi connectivity index (χ0n) is 12.6. The first-order valence-corrected chi connectivity index (χ1v) is 8.28. The molecular formula is C17H33N. The molecular weight excluding hydrogens is 218 g/mol. The first-order chi connectivity index (χ1) is 8.49. The highest BCUT2D eigenvalue weighted by Gasteiger charge is 2.32. The van der Waals surface area contributed by atoms with E-state index < -0.39 is 0 Å². The second-order valence-electron chi connectivity index (χ2n) is 7.92. The molecule has 0 aromatic carbocycles. The van der Waals surface area contributed by atoms with Gasteiger partial charge in [0, 0.05) is 5.54 Å². The highest BCUT2D eigenvalue weighted by molar-refractivity contribution is 4.90.